The number of aromatic amines is 1. The van der Waals surface area contributed by atoms with Crippen molar-refractivity contribution in [3.63, 3.8) is 0 Å². The number of rotatable bonds is 4. The number of anilines is 1. The topological polar surface area (TPSA) is 81.2 Å². The predicted molar refractivity (Wildman–Crippen MR) is 114 cm³/mol. The van der Waals surface area contributed by atoms with E-state index in [1.54, 1.807) is 11.3 Å². The molecule has 8 heteroatoms. The summed E-state index contributed by atoms with van der Waals surface area (Å²) in [6.45, 7) is 1.79. The van der Waals surface area contributed by atoms with Crippen molar-refractivity contribution in [2.24, 2.45) is 0 Å². The number of halogens is 1. The molecule has 0 radical (unpaired) electrons. The molecule has 3 heterocycles. The molecule has 6 nitrogen and oxygen atoms in total. The molecule has 146 valence electrons. The van der Waals surface area contributed by atoms with Gasteiger partial charge in [0.05, 0.1) is 17.8 Å². The van der Waals surface area contributed by atoms with Crippen LogP contribution in [0.1, 0.15) is 40.3 Å². The third-order valence-corrected chi connectivity index (χ3v) is 7.22. The lowest BCUT2D eigenvalue weighted by atomic mass is 9.80. The van der Waals surface area contributed by atoms with Crippen LogP contribution >= 0.6 is 27.3 Å². The Kier molecular flexibility index (Phi) is 4.45. The second-order valence-corrected chi connectivity index (χ2v) is 9.71. The molecule has 1 fully saturated rings. The zero-order valence-corrected chi connectivity index (χ0v) is 17.7. The van der Waals surface area contributed by atoms with Crippen LogP contribution in [0.5, 0.6) is 0 Å². The smallest absolute Gasteiger partial charge is 0.270 e. The second kappa shape index (κ2) is 6.86. The summed E-state index contributed by atoms with van der Waals surface area (Å²) < 4.78 is 0.986. The van der Waals surface area contributed by atoms with E-state index in [4.69, 9.17) is 0 Å². The van der Waals surface area contributed by atoms with Gasteiger partial charge in [-0.05, 0) is 37.5 Å². The number of hydrogen-bond donors (Lipinski definition) is 3. The number of carbonyl (C=O) groups is 1. The van der Waals surface area contributed by atoms with Gasteiger partial charge in [-0.25, -0.2) is 4.98 Å². The van der Waals surface area contributed by atoms with Gasteiger partial charge in [-0.2, -0.15) is 0 Å². The maximum atomic E-state index is 13.0. The van der Waals surface area contributed by atoms with Crippen molar-refractivity contribution in [2.45, 2.75) is 37.8 Å². The molecule has 0 atom stereocenters. The van der Waals surface area contributed by atoms with Crippen LogP contribution in [-0.4, -0.2) is 44.6 Å². The highest BCUT2D eigenvalue weighted by Crippen LogP contribution is 2.34. The molecule has 0 spiro atoms. The molecule has 0 unspecified atom stereocenters. The largest absolute Gasteiger partial charge is 0.388 e. The van der Waals surface area contributed by atoms with Gasteiger partial charge in [0.25, 0.3) is 5.91 Å². The van der Waals surface area contributed by atoms with Crippen LogP contribution in [0.15, 0.2) is 28.7 Å². The molecule has 5 rings (SSSR count). The van der Waals surface area contributed by atoms with Crippen molar-refractivity contribution in [1.82, 2.24) is 14.9 Å². The maximum Gasteiger partial charge on any atom is 0.270 e. The number of nitrogens with one attached hydrogen (secondary N) is 2. The Morgan fingerprint density at radius 1 is 1.39 bits per heavy atom. The average molecular weight is 461 g/mol. The van der Waals surface area contributed by atoms with E-state index in [2.05, 4.69) is 31.2 Å². The summed E-state index contributed by atoms with van der Waals surface area (Å²) in [5.74, 6) is 0.0182. The molecule has 2 aliphatic rings. The minimum absolute atomic E-state index is 0.0182. The quantitative estimate of drug-likeness (QED) is 0.551. The molecule has 0 bridgehead atoms. The number of hydrogen-bond acceptors (Lipinski definition) is 5. The van der Waals surface area contributed by atoms with Gasteiger partial charge in [-0.1, -0.05) is 33.3 Å². The summed E-state index contributed by atoms with van der Waals surface area (Å²) in [5.41, 5.74) is 2.07. The number of benzene rings is 1. The molecule has 1 saturated carbocycles. The van der Waals surface area contributed by atoms with Crippen LogP contribution in [0, 0.1) is 0 Å². The van der Waals surface area contributed by atoms with Gasteiger partial charge in [0, 0.05) is 39.8 Å². The monoisotopic (exact) mass is 460 g/mol. The fourth-order valence-corrected chi connectivity index (χ4v) is 5.21. The average Bonchev–Trinajstić information content (AvgIpc) is 3.26. The van der Waals surface area contributed by atoms with E-state index in [-0.39, 0.29) is 5.91 Å². The molecule has 28 heavy (non-hydrogen) atoms. The number of nitrogens with zero attached hydrogens (tertiary/aromatic N) is 2. The molecular formula is C20H21BrN4O2S. The van der Waals surface area contributed by atoms with Crippen molar-refractivity contribution in [2.75, 3.05) is 18.4 Å². The van der Waals surface area contributed by atoms with Gasteiger partial charge >= 0.3 is 0 Å². The number of fused-ring (bicyclic) bond motifs is 2. The van der Waals surface area contributed by atoms with Crippen LogP contribution in [0.2, 0.25) is 0 Å². The normalized spacial score (nSPS) is 18.0. The third-order valence-electron chi connectivity index (χ3n) is 5.69. The SMILES string of the molecule is O=C(c1cc2ccc(Br)cc2[nH]1)N1CCc2nc(NCC3(O)CCC3)sc2C1. The van der Waals surface area contributed by atoms with Crippen LogP contribution in [0.3, 0.4) is 0 Å². The van der Waals surface area contributed by atoms with E-state index < -0.39 is 5.60 Å². The molecule has 2 aromatic heterocycles. The van der Waals surface area contributed by atoms with E-state index in [1.165, 1.54) is 0 Å². The van der Waals surface area contributed by atoms with Crippen molar-refractivity contribution < 1.29 is 9.90 Å². The maximum absolute atomic E-state index is 13.0. The summed E-state index contributed by atoms with van der Waals surface area (Å²) in [4.78, 5) is 23.9. The first-order chi connectivity index (χ1) is 13.5. The van der Waals surface area contributed by atoms with E-state index in [0.717, 1.165) is 56.8 Å². The molecule has 3 N–H and O–H groups in total. The number of carbonyl (C=O) groups excluding carboxylic acids is 1. The Morgan fingerprint density at radius 3 is 3.04 bits per heavy atom. The van der Waals surface area contributed by atoms with Gasteiger partial charge in [0.15, 0.2) is 5.13 Å². The summed E-state index contributed by atoms with van der Waals surface area (Å²) >= 11 is 5.06. The number of thiazole rings is 1. The zero-order valence-electron chi connectivity index (χ0n) is 15.3. The third kappa shape index (κ3) is 3.33. The van der Waals surface area contributed by atoms with Gasteiger partial charge in [0.1, 0.15) is 5.69 Å². The van der Waals surface area contributed by atoms with Crippen molar-refractivity contribution >= 4 is 49.2 Å². The van der Waals surface area contributed by atoms with E-state index in [9.17, 15) is 9.90 Å². The second-order valence-electron chi connectivity index (χ2n) is 7.71. The minimum Gasteiger partial charge on any atom is -0.388 e. The first-order valence-electron chi connectivity index (χ1n) is 9.51. The molecule has 1 aliphatic carbocycles. The fourth-order valence-electron chi connectivity index (χ4n) is 3.83. The van der Waals surface area contributed by atoms with Crippen molar-refractivity contribution in [1.29, 1.82) is 0 Å². The van der Waals surface area contributed by atoms with Crippen molar-refractivity contribution in [3.05, 3.63) is 45.0 Å². The van der Waals surface area contributed by atoms with Crippen LogP contribution in [-0.2, 0) is 13.0 Å². The lowest BCUT2D eigenvalue weighted by molar-refractivity contribution is -0.0202. The number of aliphatic hydroxyl groups is 1. The number of H-pyrrole nitrogens is 1. The molecule has 3 aromatic rings. The van der Waals surface area contributed by atoms with E-state index in [1.807, 2.05) is 29.2 Å². The Morgan fingerprint density at radius 2 is 2.25 bits per heavy atom. The van der Waals surface area contributed by atoms with Gasteiger partial charge in [-0.15, -0.1) is 0 Å². The predicted octanol–water partition coefficient (Wildman–Crippen LogP) is 3.91. The van der Waals surface area contributed by atoms with Gasteiger partial charge < -0.3 is 20.3 Å². The van der Waals surface area contributed by atoms with Crippen LogP contribution in [0.4, 0.5) is 5.13 Å². The minimum atomic E-state index is -0.571. The first-order valence-corrected chi connectivity index (χ1v) is 11.1. The molecular weight excluding hydrogens is 440 g/mol. The molecule has 1 aliphatic heterocycles. The highest BCUT2D eigenvalue weighted by atomic mass is 79.9. The molecule has 1 aromatic carbocycles. The lowest BCUT2D eigenvalue weighted by Crippen LogP contribution is -2.43. The zero-order chi connectivity index (χ0) is 19.3. The summed E-state index contributed by atoms with van der Waals surface area (Å²) in [5, 5.41) is 15.4. The lowest BCUT2D eigenvalue weighted by Gasteiger charge is -2.36. The van der Waals surface area contributed by atoms with E-state index >= 15 is 0 Å². The highest BCUT2D eigenvalue weighted by Gasteiger charge is 2.34. The first kappa shape index (κ1) is 18.1. The molecule has 1 amide bonds. The fraction of sp³-hybridized carbons (Fsp3) is 0.400. The van der Waals surface area contributed by atoms with Crippen molar-refractivity contribution in [3.8, 4) is 0 Å². The van der Waals surface area contributed by atoms with Crippen LogP contribution in [0.25, 0.3) is 10.9 Å². The number of amides is 1. The van der Waals surface area contributed by atoms with E-state index in [0.29, 0.717) is 25.3 Å². The number of aromatic nitrogens is 2. The van der Waals surface area contributed by atoms with Gasteiger partial charge in [0.2, 0.25) is 0 Å². The Labute approximate surface area is 175 Å². The highest BCUT2D eigenvalue weighted by molar-refractivity contribution is 9.10. The summed E-state index contributed by atoms with van der Waals surface area (Å²) in [6, 6.07) is 7.87. The molecule has 0 saturated heterocycles. The Bertz CT molecular complexity index is 1060. The van der Waals surface area contributed by atoms with Gasteiger partial charge in [-0.3, -0.25) is 4.79 Å². The summed E-state index contributed by atoms with van der Waals surface area (Å²) in [7, 11) is 0. The Hall–Kier alpha value is -1.90. The standard InChI is InChI=1S/C20H21BrN4O2S/c21-13-3-2-12-8-16(23-15(12)9-13)18(26)25-7-4-14-17(10-25)28-19(24-14)22-11-20(27)5-1-6-20/h2-3,8-9,23,27H,1,4-7,10-11H2,(H,22,24). The summed E-state index contributed by atoms with van der Waals surface area (Å²) in [6.07, 6.45) is 3.56. The van der Waals surface area contributed by atoms with Crippen LogP contribution < -0.4 is 5.32 Å². The Balaban J connectivity index is 1.29.